The van der Waals surface area contributed by atoms with E-state index in [9.17, 15) is 0 Å². The molecule has 0 unspecified atom stereocenters. The zero-order valence-electron chi connectivity index (χ0n) is 40.1. The third-order valence-corrected chi connectivity index (χ3v) is 18.6. The van der Waals surface area contributed by atoms with Crippen LogP contribution in [0.4, 0.5) is 0 Å². The molecule has 0 atom stereocenters. The number of benzene rings is 6. The van der Waals surface area contributed by atoms with Crippen LogP contribution in [0.25, 0.3) is 81.4 Å². The molecule has 0 N–H and O–H groups in total. The molecule has 4 heterocycles. The Morgan fingerprint density at radius 3 is 1.22 bits per heavy atom. The molecular formula is C61H66S4. The molecule has 0 amide bonds. The molecule has 334 valence electrons. The molecule has 0 aliphatic rings. The van der Waals surface area contributed by atoms with Gasteiger partial charge in [0.25, 0.3) is 0 Å². The molecule has 0 aliphatic heterocycles. The van der Waals surface area contributed by atoms with E-state index in [1.807, 2.05) is 45.3 Å². The second-order valence-electron chi connectivity index (χ2n) is 19.0. The summed E-state index contributed by atoms with van der Waals surface area (Å²) in [7, 11) is 0. The van der Waals surface area contributed by atoms with Crippen LogP contribution < -0.4 is 0 Å². The summed E-state index contributed by atoms with van der Waals surface area (Å²) in [5.74, 6) is 0. The van der Waals surface area contributed by atoms with E-state index in [1.165, 1.54) is 209 Å². The lowest BCUT2D eigenvalue weighted by Crippen LogP contribution is -1.96. The van der Waals surface area contributed by atoms with Crippen molar-refractivity contribution in [3.63, 3.8) is 0 Å². The van der Waals surface area contributed by atoms with Crippen LogP contribution in [0.1, 0.15) is 129 Å². The van der Waals surface area contributed by atoms with Gasteiger partial charge in [0.2, 0.25) is 0 Å². The van der Waals surface area contributed by atoms with E-state index in [-0.39, 0.29) is 0 Å². The Hall–Kier alpha value is -4.32. The van der Waals surface area contributed by atoms with Crippen molar-refractivity contribution < 1.29 is 0 Å². The molecule has 6 aromatic carbocycles. The molecule has 65 heavy (non-hydrogen) atoms. The first kappa shape index (κ1) is 45.8. The topological polar surface area (TPSA) is 0 Å². The van der Waals surface area contributed by atoms with E-state index >= 15 is 0 Å². The number of unbranched alkanes of at least 4 members (excludes halogenated alkanes) is 9. The minimum Gasteiger partial charge on any atom is -0.134 e. The van der Waals surface area contributed by atoms with Gasteiger partial charge in [0.15, 0.2) is 0 Å². The van der Waals surface area contributed by atoms with Gasteiger partial charge in [-0.25, -0.2) is 0 Å². The summed E-state index contributed by atoms with van der Waals surface area (Å²) in [6.45, 7) is 18.0. The Morgan fingerprint density at radius 2 is 0.708 bits per heavy atom. The van der Waals surface area contributed by atoms with Gasteiger partial charge in [-0.15, -0.1) is 45.3 Å². The Bertz CT molecular complexity index is 3240. The molecular weight excluding hydrogens is 861 g/mol. The van der Waals surface area contributed by atoms with E-state index in [1.54, 1.807) is 0 Å². The van der Waals surface area contributed by atoms with Crippen molar-refractivity contribution in [1.29, 1.82) is 0 Å². The second-order valence-corrected chi connectivity index (χ2v) is 23.2. The molecule has 0 saturated carbocycles. The summed E-state index contributed by atoms with van der Waals surface area (Å²) in [6.07, 6.45) is 17.5. The van der Waals surface area contributed by atoms with E-state index in [4.69, 9.17) is 0 Å². The molecule has 0 saturated heterocycles. The first-order chi connectivity index (χ1) is 31.6. The number of thiophene rings is 4. The predicted molar refractivity (Wildman–Crippen MR) is 298 cm³/mol. The van der Waals surface area contributed by atoms with Crippen LogP contribution in [0.5, 0.6) is 0 Å². The van der Waals surface area contributed by atoms with Crippen molar-refractivity contribution in [2.45, 2.75) is 139 Å². The van der Waals surface area contributed by atoms with E-state index in [2.05, 4.69) is 152 Å². The van der Waals surface area contributed by atoms with Crippen molar-refractivity contribution in [1.82, 2.24) is 0 Å². The summed E-state index contributed by atoms with van der Waals surface area (Å²) < 4.78 is 11.6. The van der Waals surface area contributed by atoms with Crippen LogP contribution in [-0.4, -0.2) is 0 Å². The highest BCUT2D eigenvalue weighted by Crippen LogP contribution is 2.47. The molecule has 0 spiro atoms. The fraction of sp³-hybridized carbons (Fsp3) is 0.344. The number of hydrogen-bond donors (Lipinski definition) is 0. The SMILES string of the molecule is CCCCCCCCCCc1ccc2c(c1)sc1c3ccc(C)cc3sc21.CCCCCc1ccc2c(c1)sc1c3ccc(-c4cc(C)c(-c5c(C)cc(C)cc5C)c(C)c4)cc3sc21. The van der Waals surface area contributed by atoms with Gasteiger partial charge in [0.05, 0.1) is 18.8 Å². The second kappa shape index (κ2) is 20.3. The monoisotopic (exact) mass is 926 g/mol. The van der Waals surface area contributed by atoms with Crippen LogP contribution in [0.3, 0.4) is 0 Å². The van der Waals surface area contributed by atoms with E-state index in [0.717, 1.165) is 0 Å². The summed E-state index contributed by atoms with van der Waals surface area (Å²) in [4.78, 5) is 0. The van der Waals surface area contributed by atoms with Gasteiger partial charge < -0.3 is 0 Å². The summed E-state index contributed by atoms with van der Waals surface area (Å²) >= 11 is 7.87. The predicted octanol–water partition coefficient (Wildman–Crippen LogP) is 21.1. The molecule has 4 aromatic heterocycles. The van der Waals surface area contributed by atoms with Gasteiger partial charge in [-0.05, 0) is 153 Å². The fourth-order valence-electron chi connectivity index (χ4n) is 10.3. The van der Waals surface area contributed by atoms with Crippen LogP contribution in [0, 0.1) is 41.5 Å². The quantitative estimate of drug-likeness (QED) is 0.0899. The molecule has 0 nitrogen and oxygen atoms in total. The van der Waals surface area contributed by atoms with Gasteiger partial charge in [-0.3, -0.25) is 0 Å². The molecule has 10 rings (SSSR count). The van der Waals surface area contributed by atoms with Gasteiger partial charge in [0.1, 0.15) is 0 Å². The lowest BCUT2D eigenvalue weighted by molar-refractivity contribution is 0.575. The Morgan fingerprint density at radius 1 is 0.323 bits per heavy atom. The zero-order valence-corrected chi connectivity index (χ0v) is 43.3. The number of rotatable bonds is 15. The van der Waals surface area contributed by atoms with Crippen molar-refractivity contribution in [2.75, 3.05) is 0 Å². The van der Waals surface area contributed by atoms with Crippen LogP contribution >= 0.6 is 45.3 Å². The normalized spacial score (nSPS) is 11.9. The lowest BCUT2D eigenvalue weighted by atomic mass is 9.86. The highest BCUT2D eigenvalue weighted by Gasteiger charge is 2.17. The maximum absolute atomic E-state index is 2.45. The van der Waals surface area contributed by atoms with Crippen LogP contribution in [0.2, 0.25) is 0 Å². The van der Waals surface area contributed by atoms with E-state index in [0.29, 0.717) is 0 Å². The maximum Gasteiger partial charge on any atom is 0.0542 e. The average molecular weight is 927 g/mol. The molecule has 0 aliphatic carbocycles. The first-order valence-electron chi connectivity index (χ1n) is 24.5. The van der Waals surface area contributed by atoms with Crippen molar-refractivity contribution in [3.05, 3.63) is 142 Å². The van der Waals surface area contributed by atoms with Gasteiger partial charge >= 0.3 is 0 Å². The molecule has 0 radical (unpaired) electrons. The van der Waals surface area contributed by atoms with Crippen molar-refractivity contribution in [3.8, 4) is 22.3 Å². The summed E-state index contributed by atoms with van der Waals surface area (Å²) in [5.41, 5.74) is 16.5. The van der Waals surface area contributed by atoms with Gasteiger partial charge in [-0.1, -0.05) is 150 Å². The van der Waals surface area contributed by atoms with Gasteiger partial charge in [0, 0.05) is 40.3 Å². The number of fused-ring (bicyclic) bond motifs is 10. The maximum atomic E-state index is 2.45. The molecule has 0 bridgehead atoms. The Balaban J connectivity index is 0.000000174. The minimum atomic E-state index is 1.19. The Kier molecular flexibility index (Phi) is 14.3. The van der Waals surface area contributed by atoms with E-state index < -0.39 is 0 Å². The van der Waals surface area contributed by atoms with Crippen LogP contribution in [0.15, 0.2) is 97.1 Å². The van der Waals surface area contributed by atoms with Crippen molar-refractivity contribution >= 4 is 104 Å². The standard InChI is InChI=1S/C36H36S2.C25H30S2/c1-7-8-9-10-26-11-13-29-31(19-26)37-36-30-14-12-27(20-32(30)38-35(29)36)28-17-24(5)34(25(6)18-28)33-22(3)15-21(2)16-23(33)4;1-3-4-5-6-7-8-9-10-11-19-13-15-21-23(17-19)27-24-20-14-12-18(2)16-22(20)26-25(21)24/h11-20H,7-10H2,1-6H3;12-17H,3-11H2,1-2H3. The highest BCUT2D eigenvalue weighted by atomic mass is 32.1. The lowest BCUT2D eigenvalue weighted by Gasteiger charge is -2.18. The first-order valence-corrected chi connectivity index (χ1v) is 27.8. The minimum absolute atomic E-state index is 1.19. The largest absolute Gasteiger partial charge is 0.134 e. The third-order valence-electron chi connectivity index (χ3n) is 13.6. The number of hydrogen-bond acceptors (Lipinski definition) is 4. The molecule has 4 heteroatoms. The summed E-state index contributed by atoms with van der Waals surface area (Å²) in [6, 6.07) is 37.7. The third kappa shape index (κ3) is 9.75. The smallest absolute Gasteiger partial charge is 0.0542 e. The summed E-state index contributed by atoms with van der Waals surface area (Å²) in [5, 5.41) is 5.71. The van der Waals surface area contributed by atoms with Crippen LogP contribution in [-0.2, 0) is 12.8 Å². The average Bonchev–Trinajstić information content (AvgIpc) is 4.02. The number of aryl methyl sites for hydroxylation is 8. The van der Waals surface area contributed by atoms with Gasteiger partial charge in [-0.2, -0.15) is 0 Å². The highest BCUT2D eigenvalue weighted by molar-refractivity contribution is 7.37. The fourth-order valence-corrected chi connectivity index (χ4v) is 15.9. The zero-order chi connectivity index (χ0) is 45.2. The Labute approximate surface area is 404 Å². The molecule has 0 fully saturated rings. The van der Waals surface area contributed by atoms with Crippen molar-refractivity contribution in [2.24, 2.45) is 0 Å². The molecule has 10 aromatic rings.